The Morgan fingerprint density at radius 3 is 3.00 bits per heavy atom. The fourth-order valence-electron chi connectivity index (χ4n) is 0.717. The van der Waals surface area contributed by atoms with Crippen LogP contribution in [0.25, 0.3) is 0 Å². The van der Waals surface area contributed by atoms with E-state index in [-0.39, 0.29) is 15.0 Å². The molecule has 0 saturated heterocycles. The third-order valence-electron chi connectivity index (χ3n) is 1.20. The first-order chi connectivity index (χ1) is 5.36. The van der Waals surface area contributed by atoms with Crippen LogP contribution in [-0.2, 0) is 0 Å². The van der Waals surface area contributed by atoms with Crippen molar-refractivity contribution in [2.45, 2.75) is 0 Å². The molecule has 1 aromatic rings. The Bertz CT molecular complexity index is 280. The van der Waals surface area contributed by atoms with Gasteiger partial charge in [0.05, 0.1) is 0 Å². The Morgan fingerprint density at radius 2 is 2.36 bits per heavy atom. The molecule has 2 nitrogen and oxygen atoms in total. The molecule has 0 unspecified atom stereocenters. The van der Waals surface area contributed by atoms with Crippen LogP contribution in [-0.4, -0.2) is 22.1 Å². The van der Waals surface area contributed by atoms with Crippen molar-refractivity contribution >= 4 is 19.4 Å². The minimum atomic E-state index is -0.0749. The zero-order chi connectivity index (χ0) is 8.10. The van der Waals surface area contributed by atoms with Crippen LogP contribution in [0.5, 0.6) is 5.75 Å². The predicted octanol–water partition coefficient (Wildman–Crippen LogP) is 0.506. The van der Waals surface area contributed by atoms with Crippen molar-refractivity contribution < 1.29 is 4.74 Å². The maximum absolute atomic E-state index is 8.42. The molecule has 1 rings (SSSR count). The molecule has 0 aliphatic carbocycles. The van der Waals surface area contributed by atoms with Gasteiger partial charge in [0.2, 0.25) is 0 Å². The molecular formula is C8H7NOSe. The van der Waals surface area contributed by atoms with Crippen LogP contribution >= 0.6 is 0 Å². The number of hydrogen-bond donors (Lipinski definition) is 0. The molecule has 0 atom stereocenters. The fraction of sp³-hybridized carbons (Fsp3) is 0.125. The predicted molar refractivity (Wildman–Crippen MR) is 44.0 cm³/mol. The number of hydrogen-bond acceptors (Lipinski definition) is 2. The van der Waals surface area contributed by atoms with Gasteiger partial charge in [-0.25, -0.2) is 0 Å². The molecule has 0 heterocycles. The standard InChI is InChI=1S/C8H7NOSe/c1-10-7-3-2-4-8(5-7)11-6-9/h2-5H,1H3. The van der Waals surface area contributed by atoms with E-state index in [0.29, 0.717) is 0 Å². The van der Waals surface area contributed by atoms with Gasteiger partial charge < -0.3 is 0 Å². The second-order valence-corrected chi connectivity index (χ2v) is 3.67. The van der Waals surface area contributed by atoms with Gasteiger partial charge in [-0.05, 0) is 0 Å². The Morgan fingerprint density at radius 1 is 1.55 bits per heavy atom. The molecule has 0 saturated carbocycles. The Balaban J connectivity index is 2.84. The van der Waals surface area contributed by atoms with Crippen molar-refractivity contribution in [2.24, 2.45) is 0 Å². The first kappa shape index (κ1) is 8.13. The summed E-state index contributed by atoms with van der Waals surface area (Å²) >= 11 is -0.0749. The van der Waals surface area contributed by atoms with Gasteiger partial charge in [0.1, 0.15) is 0 Å². The fourth-order valence-corrected chi connectivity index (χ4v) is 1.61. The van der Waals surface area contributed by atoms with Crippen LogP contribution in [0.2, 0.25) is 0 Å². The number of nitriles is 1. The van der Waals surface area contributed by atoms with E-state index in [0.717, 1.165) is 10.2 Å². The van der Waals surface area contributed by atoms with Crippen molar-refractivity contribution in [3.8, 4) is 10.7 Å². The number of rotatable bonds is 2. The van der Waals surface area contributed by atoms with Crippen LogP contribution < -0.4 is 9.20 Å². The molecule has 0 aliphatic heterocycles. The SMILES string of the molecule is COc1cccc([Se]C#N)c1. The number of nitrogens with zero attached hydrogens (tertiary/aromatic N) is 1. The third-order valence-corrected chi connectivity index (χ3v) is 2.42. The Kier molecular flexibility index (Phi) is 2.97. The summed E-state index contributed by atoms with van der Waals surface area (Å²) in [5, 5.41) is 8.42. The van der Waals surface area contributed by atoms with Crippen molar-refractivity contribution in [3.05, 3.63) is 24.3 Å². The second kappa shape index (κ2) is 4.02. The summed E-state index contributed by atoms with van der Waals surface area (Å²) in [5.74, 6) is 0.819. The van der Waals surface area contributed by atoms with Crippen molar-refractivity contribution in [1.82, 2.24) is 0 Å². The van der Waals surface area contributed by atoms with E-state index in [4.69, 9.17) is 10.00 Å². The van der Waals surface area contributed by atoms with E-state index in [1.54, 1.807) is 7.11 Å². The third kappa shape index (κ3) is 2.27. The van der Waals surface area contributed by atoms with Crippen LogP contribution in [0.15, 0.2) is 24.3 Å². The average Bonchev–Trinajstić information content (AvgIpc) is 2.06. The first-order valence-electron chi connectivity index (χ1n) is 3.07. The number of ether oxygens (including phenoxy) is 1. The number of methoxy groups -OCH3 is 1. The van der Waals surface area contributed by atoms with E-state index < -0.39 is 0 Å². The summed E-state index contributed by atoms with van der Waals surface area (Å²) in [6.07, 6.45) is 0. The summed E-state index contributed by atoms with van der Waals surface area (Å²) in [7, 11) is 1.62. The molecule has 1 aromatic carbocycles. The van der Waals surface area contributed by atoms with Gasteiger partial charge in [0.25, 0.3) is 0 Å². The van der Waals surface area contributed by atoms with E-state index in [1.165, 1.54) is 0 Å². The van der Waals surface area contributed by atoms with Gasteiger partial charge >= 0.3 is 71.5 Å². The van der Waals surface area contributed by atoms with Crippen molar-refractivity contribution in [1.29, 1.82) is 5.26 Å². The second-order valence-electron chi connectivity index (χ2n) is 1.87. The Labute approximate surface area is 71.9 Å². The molecule has 0 fully saturated rings. The van der Waals surface area contributed by atoms with E-state index in [9.17, 15) is 0 Å². The molecule has 56 valence electrons. The molecule has 11 heavy (non-hydrogen) atoms. The van der Waals surface area contributed by atoms with Gasteiger partial charge in [0.15, 0.2) is 0 Å². The van der Waals surface area contributed by atoms with Gasteiger partial charge in [0, 0.05) is 0 Å². The molecular weight excluding hydrogens is 205 g/mol. The summed E-state index contributed by atoms with van der Waals surface area (Å²) in [5.41, 5.74) is 0. The minimum absolute atomic E-state index is 0.0749. The van der Waals surface area contributed by atoms with Crippen LogP contribution in [0, 0.1) is 10.2 Å². The zero-order valence-corrected chi connectivity index (χ0v) is 7.79. The van der Waals surface area contributed by atoms with Gasteiger partial charge in [-0.3, -0.25) is 0 Å². The first-order valence-corrected chi connectivity index (χ1v) is 4.78. The molecule has 0 aliphatic rings. The molecule has 0 N–H and O–H groups in total. The van der Waals surface area contributed by atoms with Crippen molar-refractivity contribution in [2.75, 3.05) is 7.11 Å². The van der Waals surface area contributed by atoms with Gasteiger partial charge in [-0.2, -0.15) is 0 Å². The van der Waals surface area contributed by atoms with Crippen molar-refractivity contribution in [3.63, 3.8) is 0 Å². The van der Waals surface area contributed by atoms with E-state index in [2.05, 4.69) is 4.97 Å². The summed E-state index contributed by atoms with van der Waals surface area (Å²) in [4.78, 5) is 2.14. The van der Waals surface area contributed by atoms with Gasteiger partial charge in [-0.1, -0.05) is 0 Å². The van der Waals surface area contributed by atoms with Gasteiger partial charge in [-0.15, -0.1) is 0 Å². The summed E-state index contributed by atoms with van der Waals surface area (Å²) in [6.45, 7) is 0. The normalized spacial score (nSPS) is 8.73. The monoisotopic (exact) mass is 213 g/mol. The topological polar surface area (TPSA) is 33.0 Å². The molecule has 0 amide bonds. The molecule has 0 bridgehead atoms. The molecule has 3 heteroatoms. The quantitative estimate of drug-likeness (QED) is 0.669. The molecule has 0 spiro atoms. The summed E-state index contributed by atoms with van der Waals surface area (Å²) < 4.78 is 6.06. The average molecular weight is 212 g/mol. The van der Waals surface area contributed by atoms with E-state index >= 15 is 0 Å². The van der Waals surface area contributed by atoms with Crippen LogP contribution in [0.3, 0.4) is 0 Å². The van der Waals surface area contributed by atoms with E-state index in [1.807, 2.05) is 24.3 Å². The molecule has 0 aromatic heterocycles. The molecule has 0 radical (unpaired) electrons. The summed E-state index contributed by atoms with van der Waals surface area (Å²) in [6, 6.07) is 7.60. The van der Waals surface area contributed by atoms with Crippen LogP contribution in [0.4, 0.5) is 0 Å². The van der Waals surface area contributed by atoms with Crippen LogP contribution in [0.1, 0.15) is 0 Å². The Hall–Kier alpha value is -0.971. The number of benzene rings is 1. The maximum atomic E-state index is 8.42. The zero-order valence-electron chi connectivity index (χ0n) is 6.07.